The average molecular weight is 239 g/mol. The van der Waals surface area contributed by atoms with Crippen LogP contribution in [0.15, 0.2) is 59.0 Å². The molecule has 0 radical (unpaired) electrons. The Kier molecular flexibility index (Phi) is 2.38. The molecule has 0 amide bonds. The van der Waals surface area contributed by atoms with Crippen molar-refractivity contribution in [2.45, 2.75) is 0 Å². The predicted molar refractivity (Wildman–Crippen MR) is 69.4 cm³/mol. The van der Waals surface area contributed by atoms with Gasteiger partial charge in [0.05, 0.1) is 5.56 Å². The molecule has 0 saturated heterocycles. The fourth-order valence-electron chi connectivity index (χ4n) is 1.90. The van der Waals surface area contributed by atoms with Crippen LogP contribution in [0.25, 0.3) is 22.3 Å². The number of benzene rings is 2. The summed E-state index contributed by atoms with van der Waals surface area (Å²) in [5.41, 5.74) is 1.50. The van der Waals surface area contributed by atoms with Crippen LogP contribution in [0.3, 0.4) is 0 Å². The van der Waals surface area contributed by atoms with Gasteiger partial charge in [0.2, 0.25) is 0 Å². The Hall–Kier alpha value is -2.55. The van der Waals surface area contributed by atoms with Gasteiger partial charge in [-0.25, -0.2) is 4.42 Å². The molecule has 1 aromatic heterocycles. The molecule has 1 heterocycles. The lowest BCUT2D eigenvalue weighted by Crippen LogP contribution is -1.80. The van der Waals surface area contributed by atoms with Gasteiger partial charge < -0.3 is 10.2 Å². The Morgan fingerprint density at radius 3 is 2.33 bits per heavy atom. The lowest BCUT2D eigenvalue weighted by Gasteiger charge is -1.97. The van der Waals surface area contributed by atoms with Crippen molar-refractivity contribution in [1.29, 1.82) is 0 Å². The molecule has 0 saturated carbocycles. The third-order valence-electron chi connectivity index (χ3n) is 2.84. The second kappa shape index (κ2) is 4.04. The van der Waals surface area contributed by atoms with Gasteiger partial charge in [-0.1, -0.05) is 18.2 Å². The summed E-state index contributed by atoms with van der Waals surface area (Å²) in [7, 11) is 0. The highest BCUT2D eigenvalue weighted by atomic mass is 16.3. The molecule has 2 N–H and O–H groups in total. The fraction of sp³-hybridized carbons (Fsp3) is 0. The summed E-state index contributed by atoms with van der Waals surface area (Å²) in [4.78, 5) is 0. The number of hydrogen-bond donors (Lipinski definition) is 2. The second-order valence-corrected chi connectivity index (χ2v) is 4.01. The maximum atomic E-state index is 9.71. The van der Waals surface area contributed by atoms with Crippen molar-refractivity contribution >= 4 is 11.0 Å². The highest BCUT2D eigenvalue weighted by Crippen LogP contribution is 2.35. The first kappa shape index (κ1) is 10.6. The molecule has 0 bridgehead atoms. The molecule has 3 aromatic rings. The van der Waals surface area contributed by atoms with E-state index >= 15 is 0 Å². The van der Waals surface area contributed by atoms with Crippen molar-refractivity contribution < 1.29 is 14.6 Å². The van der Waals surface area contributed by atoms with E-state index in [1.165, 1.54) is 6.07 Å². The molecular weight excluding hydrogens is 228 g/mol. The van der Waals surface area contributed by atoms with Gasteiger partial charge in [0.25, 0.3) is 0 Å². The minimum absolute atomic E-state index is 0.148. The standard InChI is InChI=1S/C15H10O3/c16-12-7-9-14-11(15(12)17)6-8-13(18-14)10-4-2-1-3-5-10/h1-9H,(H-,16,17)/p+1. The van der Waals surface area contributed by atoms with Gasteiger partial charge in [-0.3, -0.25) is 0 Å². The maximum absolute atomic E-state index is 9.71. The number of hydrogen-bond acceptors (Lipinski definition) is 2. The predicted octanol–water partition coefficient (Wildman–Crippen LogP) is 3.79. The lowest BCUT2D eigenvalue weighted by molar-refractivity contribution is 0.407. The van der Waals surface area contributed by atoms with Gasteiger partial charge in [0.15, 0.2) is 11.5 Å². The number of aromatic hydroxyl groups is 2. The third-order valence-corrected chi connectivity index (χ3v) is 2.84. The molecular formula is C15H11O3+. The first-order valence-electron chi connectivity index (χ1n) is 5.59. The van der Waals surface area contributed by atoms with Gasteiger partial charge in [0.1, 0.15) is 5.39 Å². The van der Waals surface area contributed by atoms with Crippen LogP contribution in [0.1, 0.15) is 0 Å². The smallest absolute Gasteiger partial charge is 0.364 e. The second-order valence-electron chi connectivity index (χ2n) is 4.01. The summed E-state index contributed by atoms with van der Waals surface area (Å²) in [5, 5.41) is 19.6. The van der Waals surface area contributed by atoms with Gasteiger partial charge in [-0.05, 0) is 24.3 Å². The van der Waals surface area contributed by atoms with Crippen molar-refractivity contribution in [3.8, 4) is 22.8 Å². The van der Waals surface area contributed by atoms with Crippen LogP contribution in [0, 0.1) is 0 Å². The minimum Gasteiger partial charge on any atom is -0.504 e. The zero-order valence-corrected chi connectivity index (χ0v) is 9.50. The summed E-state index contributed by atoms with van der Waals surface area (Å²) in [5.74, 6) is 0.411. The zero-order valence-electron chi connectivity index (χ0n) is 9.50. The van der Waals surface area contributed by atoms with Crippen LogP contribution in [0.4, 0.5) is 0 Å². The lowest BCUT2D eigenvalue weighted by atomic mass is 10.1. The molecule has 3 heteroatoms. The topological polar surface area (TPSA) is 51.8 Å². The van der Waals surface area contributed by atoms with E-state index in [1.807, 2.05) is 30.3 Å². The Bertz CT molecular complexity index is 706. The van der Waals surface area contributed by atoms with Crippen molar-refractivity contribution in [2.24, 2.45) is 0 Å². The molecule has 0 fully saturated rings. The molecule has 0 aliphatic rings. The van der Waals surface area contributed by atoms with E-state index in [-0.39, 0.29) is 11.5 Å². The Morgan fingerprint density at radius 1 is 0.778 bits per heavy atom. The monoisotopic (exact) mass is 239 g/mol. The van der Waals surface area contributed by atoms with Crippen molar-refractivity contribution in [2.75, 3.05) is 0 Å². The first-order chi connectivity index (χ1) is 8.75. The van der Waals surface area contributed by atoms with Gasteiger partial charge in [-0.2, -0.15) is 0 Å². The normalized spacial score (nSPS) is 10.7. The molecule has 0 unspecified atom stereocenters. The summed E-state index contributed by atoms with van der Waals surface area (Å²) in [6.07, 6.45) is 0. The van der Waals surface area contributed by atoms with E-state index in [0.717, 1.165) is 5.56 Å². The van der Waals surface area contributed by atoms with Crippen molar-refractivity contribution in [3.05, 3.63) is 54.6 Å². The van der Waals surface area contributed by atoms with Gasteiger partial charge in [0, 0.05) is 12.1 Å². The molecule has 88 valence electrons. The van der Waals surface area contributed by atoms with E-state index < -0.39 is 0 Å². The third kappa shape index (κ3) is 1.66. The molecule has 0 spiro atoms. The van der Waals surface area contributed by atoms with E-state index in [2.05, 4.69) is 0 Å². The van der Waals surface area contributed by atoms with Crippen LogP contribution < -0.4 is 0 Å². The average Bonchev–Trinajstić information content (AvgIpc) is 2.44. The largest absolute Gasteiger partial charge is 0.504 e. The van der Waals surface area contributed by atoms with E-state index in [1.54, 1.807) is 18.2 Å². The molecule has 0 atom stereocenters. The van der Waals surface area contributed by atoms with Crippen molar-refractivity contribution in [1.82, 2.24) is 0 Å². The zero-order chi connectivity index (χ0) is 12.5. The fourth-order valence-corrected chi connectivity index (χ4v) is 1.90. The van der Waals surface area contributed by atoms with Crippen LogP contribution in [0.5, 0.6) is 11.5 Å². The molecule has 2 aromatic carbocycles. The summed E-state index contributed by atoms with van der Waals surface area (Å²) in [6.45, 7) is 0. The first-order valence-corrected chi connectivity index (χ1v) is 5.59. The Balaban J connectivity index is 2.21. The summed E-state index contributed by atoms with van der Waals surface area (Å²) >= 11 is 0. The van der Waals surface area contributed by atoms with Crippen LogP contribution in [0.2, 0.25) is 0 Å². The summed E-state index contributed by atoms with van der Waals surface area (Å²) < 4.78 is 5.71. The number of rotatable bonds is 1. The van der Waals surface area contributed by atoms with Crippen LogP contribution in [-0.2, 0) is 0 Å². The van der Waals surface area contributed by atoms with Gasteiger partial charge in [-0.15, -0.1) is 0 Å². The highest BCUT2D eigenvalue weighted by Gasteiger charge is 2.17. The summed E-state index contributed by atoms with van der Waals surface area (Å²) in [6, 6.07) is 16.3. The van der Waals surface area contributed by atoms with E-state index in [4.69, 9.17) is 4.42 Å². The maximum Gasteiger partial charge on any atom is 0.364 e. The van der Waals surface area contributed by atoms with Gasteiger partial charge >= 0.3 is 11.3 Å². The highest BCUT2D eigenvalue weighted by molar-refractivity contribution is 5.87. The van der Waals surface area contributed by atoms with Crippen LogP contribution >= 0.6 is 0 Å². The minimum atomic E-state index is -0.157. The molecule has 3 nitrogen and oxygen atoms in total. The number of phenolic OH excluding ortho intramolecular Hbond substituents is 2. The molecule has 18 heavy (non-hydrogen) atoms. The van der Waals surface area contributed by atoms with Crippen LogP contribution in [-0.4, -0.2) is 10.2 Å². The Labute approximate surface area is 104 Å². The SMILES string of the molecule is Oc1ccc2[o+]c(-c3ccccc3)ccc2c1O. The number of phenols is 2. The van der Waals surface area contributed by atoms with E-state index in [9.17, 15) is 10.2 Å². The molecule has 0 aliphatic carbocycles. The van der Waals surface area contributed by atoms with Crippen molar-refractivity contribution in [3.63, 3.8) is 0 Å². The van der Waals surface area contributed by atoms with E-state index in [0.29, 0.717) is 16.7 Å². The molecule has 3 rings (SSSR count). The Morgan fingerprint density at radius 2 is 1.56 bits per heavy atom. The number of fused-ring (bicyclic) bond motifs is 1. The quantitative estimate of drug-likeness (QED) is 0.501. The molecule has 0 aliphatic heterocycles.